The number of benzene rings is 3. The zero-order valence-corrected chi connectivity index (χ0v) is 36.8. The van der Waals surface area contributed by atoms with Crippen molar-refractivity contribution in [1.29, 1.82) is 0 Å². The van der Waals surface area contributed by atoms with Crippen LogP contribution in [0.5, 0.6) is 0 Å². The Morgan fingerprint density at radius 1 is 0.655 bits per heavy atom. The molecule has 2 N–H and O–H groups in total. The highest BCUT2D eigenvalue weighted by atomic mass is 16.5. The number of fused-ring (bicyclic) bond motifs is 2. The van der Waals surface area contributed by atoms with Crippen molar-refractivity contribution in [3.63, 3.8) is 0 Å². The summed E-state index contributed by atoms with van der Waals surface area (Å²) in [5.41, 5.74) is 5.30. The summed E-state index contributed by atoms with van der Waals surface area (Å²) in [5, 5.41) is 8.12. The number of nitrogens with zero attached hydrogens (tertiary/aromatic N) is 2. The van der Waals surface area contributed by atoms with Gasteiger partial charge in [-0.1, -0.05) is 115 Å². The maximum Gasteiger partial charge on any atom is 0.251 e. The quantitative estimate of drug-likeness (QED) is 0.0325. The number of hydrogen-bond donors (Lipinski definition) is 2. The van der Waals surface area contributed by atoms with Crippen molar-refractivity contribution in [2.45, 2.75) is 137 Å². The Labute approximate surface area is 350 Å². The van der Waals surface area contributed by atoms with Gasteiger partial charge in [-0.15, -0.1) is 0 Å². The van der Waals surface area contributed by atoms with Crippen molar-refractivity contribution in [3.8, 4) is 22.5 Å². The van der Waals surface area contributed by atoms with Gasteiger partial charge >= 0.3 is 0 Å². The third-order valence-electron chi connectivity index (χ3n) is 11.5. The van der Waals surface area contributed by atoms with Crippen LogP contribution in [-0.4, -0.2) is 64.3 Å². The summed E-state index contributed by atoms with van der Waals surface area (Å²) in [6.45, 7) is 16.1. The second kappa shape index (κ2) is 26.8. The number of hydrogen-bond acceptors (Lipinski definition) is 5. The Balaban J connectivity index is 1.22. The van der Waals surface area contributed by atoms with Gasteiger partial charge < -0.3 is 24.7 Å². The van der Waals surface area contributed by atoms with Crippen LogP contribution >= 0.6 is 0 Å². The molecule has 0 saturated carbocycles. The fraction of sp³-hybridized carbons (Fsp3) is 0.580. The number of carbonyl (C=O) groups excluding carboxylic acids is 2. The van der Waals surface area contributed by atoms with Gasteiger partial charge in [-0.25, -0.2) is 4.58 Å². The molecule has 2 aromatic carbocycles. The van der Waals surface area contributed by atoms with Gasteiger partial charge in [-0.2, -0.15) is 0 Å². The third-order valence-corrected chi connectivity index (χ3v) is 11.5. The minimum atomic E-state index is -0.155. The molecule has 8 nitrogen and oxygen atoms in total. The zero-order chi connectivity index (χ0) is 41.4. The first-order chi connectivity index (χ1) is 28.4. The minimum absolute atomic E-state index is 0.0884. The van der Waals surface area contributed by atoms with E-state index in [9.17, 15) is 9.59 Å². The molecule has 0 aromatic heterocycles. The Bertz CT molecular complexity index is 1840. The minimum Gasteiger partial charge on any atom is -0.456 e. The molecule has 1 aliphatic heterocycles. The van der Waals surface area contributed by atoms with Gasteiger partial charge in [-0.05, 0) is 63.9 Å². The summed E-state index contributed by atoms with van der Waals surface area (Å²) >= 11 is 0. The number of anilines is 1. The Hall–Kier alpha value is -4.17. The maximum atomic E-state index is 13.8. The molecule has 58 heavy (non-hydrogen) atoms. The van der Waals surface area contributed by atoms with E-state index in [1.165, 1.54) is 83.5 Å². The van der Waals surface area contributed by atoms with Crippen LogP contribution in [-0.2, 0) is 9.53 Å². The normalized spacial score (nSPS) is 11.3. The van der Waals surface area contributed by atoms with Gasteiger partial charge in [0.05, 0.1) is 19.3 Å². The lowest BCUT2D eigenvalue weighted by molar-refractivity contribution is -0.121. The molecule has 0 saturated heterocycles. The van der Waals surface area contributed by atoms with E-state index in [0.717, 1.165) is 83.5 Å². The van der Waals surface area contributed by atoms with Crippen LogP contribution in [0.15, 0.2) is 65.1 Å². The van der Waals surface area contributed by atoms with E-state index in [2.05, 4.69) is 91.1 Å². The van der Waals surface area contributed by atoms with Gasteiger partial charge in [0.1, 0.15) is 24.4 Å². The molecule has 0 spiro atoms. The van der Waals surface area contributed by atoms with Gasteiger partial charge in [0, 0.05) is 72.5 Å². The van der Waals surface area contributed by atoms with Crippen LogP contribution in [0.25, 0.3) is 33.4 Å². The molecular weight excluding hydrogens is 721 g/mol. The molecule has 8 heteroatoms. The summed E-state index contributed by atoms with van der Waals surface area (Å²) in [4.78, 5) is 28.4. The summed E-state index contributed by atoms with van der Waals surface area (Å²) in [7, 11) is 0. The molecule has 0 unspecified atom stereocenters. The van der Waals surface area contributed by atoms with Crippen LogP contribution < -0.4 is 25.5 Å². The van der Waals surface area contributed by atoms with Gasteiger partial charge in [0.25, 0.3) is 5.91 Å². The molecule has 0 bridgehead atoms. The van der Waals surface area contributed by atoms with Crippen molar-refractivity contribution in [1.82, 2.24) is 15.2 Å². The fourth-order valence-corrected chi connectivity index (χ4v) is 8.07. The first-order valence-corrected chi connectivity index (χ1v) is 23.0. The molecule has 4 rings (SSSR count). The Morgan fingerprint density at radius 3 is 1.88 bits per heavy atom. The van der Waals surface area contributed by atoms with Crippen molar-refractivity contribution in [3.05, 3.63) is 71.6 Å². The Morgan fingerprint density at radius 2 is 1.26 bits per heavy atom. The summed E-state index contributed by atoms with van der Waals surface area (Å²) in [5.74, 6) is 0.720. The predicted octanol–water partition coefficient (Wildman–Crippen LogP) is 11.0. The van der Waals surface area contributed by atoms with Crippen LogP contribution in [0, 0.1) is 0 Å². The molecular formula is C50H75N4O4+. The van der Waals surface area contributed by atoms with E-state index in [0.29, 0.717) is 38.3 Å². The van der Waals surface area contributed by atoms with Gasteiger partial charge in [0.2, 0.25) is 11.3 Å². The second-order valence-corrected chi connectivity index (χ2v) is 15.6. The largest absolute Gasteiger partial charge is 0.456 e. The summed E-state index contributed by atoms with van der Waals surface area (Å²) in [6.07, 6.45) is 20.3. The fourth-order valence-electron chi connectivity index (χ4n) is 8.07. The molecule has 0 atom stereocenters. The molecule has 0 radical (unpaired) electrons. The number of nitrogens with one attached hydrogen (secondary N) is 2. The lowest BCUT2D eigenvalue weighted by Gasteiger charge is -2.22. The molecule has 1 aliphatic carbocycles. The van der Waals surface area contributed by atoms with Gasteiger partial charge in [-0.3, -0.25) is 9.59 Å². The molecule has 2 aliphatic rings. The van der Waals surface area contributed by atoms with Crippen molar-refractivity contribution in [2.24, 2.45) is 0 Å². The van der Waals surface area contributed by atoms with Crippen molar-refractivity contribution >= 4 is 28.5 Å². The van der Waals surface area contributed by atoms with Crippen molar-refractivity contribution < 1.29 is 18.7 Å². The maximum absolute atomic E-state index is 13.8. The molecule has 2 amide bonds. The second-order valence-electron chi connectivity index (χ2n) is 15.6. The standard InChI is InChI=1S/C50H74N4O4/c1-6-11-12-13-14-15-16-17-18-19-20-21-22-23-24-29-48(55)51-34-36-57-37-35-52-50(56)43-28-26-25-27-42(43)49-44-32-30-40(53(7-2)8-3)38-46(44)58-47-39-41(31-33-45(47)49)54(9-4)10-5/h25-28,30-33,38-39H,6-24,29,34-37H2,1-5H3,(H-,51,52,55,56)/p+1. The lowest BCUT2D eigenvalue weighted by atomic mass is 9.90. The average Bonchev–Trinajstić information content (AvgIpc) is 3.24. The lowest BCUT2D eigenvalue weighted by Crippen LogP contribution is -2.30. The van der Waals surface area contributed by atoms with E-state index in [-0.39, 0.29) is 11.8 Å². The van der Waals surface area contributed by atoms with Crippen LogP contribution in [0.1, 0.15) is 148 Å². The van der Waals surface area contributed by atoms with E-state index < -0.39 is 0 Å². The number of ether oxygens (including phenoxy) is 1. The van der Waals surface area contributed by atoms with E-state index in [1.807, 2.05) is 24.3 Å². The topological polar surface area (TPSA) is 86.8 Å². The number of amides is 2. The molecule has 318 valence electrons. The third kappa shape index (κ3) is 14.6. The molecule has 1 heterocycles. The monoisotopic (exact) mass is 796 g/mol. The molecule has 0 fully saturated rings. The molecule has 2 aromatic rings. The number of unbranched alkanes of at least 4 members (excludes halogenated alkanes) is 14. The highest BCUT2D eigenvalue weighted by Gasteiger charge is 2.23. The zero-order valence-electron chi connectivity index (χ0n) is 36.8. The van der Waals surface area contributed by atoms with Gasteiger partial charge in [0.15, 0.2) is 0 Å². The van der Waals surface area contributed by atoms with E-state index in [1.54, 1.807) is 0 Å². The highest BCUT2D eigenvalue weighted by molar-refractivity contribution is 6.09. The van der Waals surface area contributed by atoms with Crippen LogP contribution in [0.3, 0.4) is 0 Å². The van der Waals surface area contributed by atoms with Crippen molar-refractivity contribution in [2.75, 3.05) is 57.4 Å². The average molecular weight is 796 g/mol. The van der Waals surface area contributed by atoms with Crippen LogP contribution in [0.4, 0.5) is 5.69 Å². The smallest absolute Gasteiger partial charge is 0.251 e. The first-order valence-electron chi connectivity index (χ1n) is 23.0. The predicted molar refractivity (Wildman–Crippen MR) is 244 cm³/mol. The highest BCUT2D eigenvalue weighted by Crippen LogP contribution is 2.42. The first kappa shape index (κ1) is 46.5. The Kier molecular flexibility index (Phi) is 21.5. The summed E-state index contributed by atoms with van der Waals surface area (Å²) in [6, 6.07) is 20.6. The van der Waals surface area contributed by atoms with E-state index >= 15 is 0 Å². The summed E-state index contributed by atoms with van der Waals surface area (Å²) < 4.78 is 14.7. The van der Waals surface area contributed by atoms with Crippen LogP contribution in [0.2, 0.25) is 0 Å². The SMILES string of the molecule is CCCCCCCCCCCCCCCCCC(=O)NCCOCCNC(=O)c1ccccc1-c1c2ccc(=[N+](CC)CC)cc-2oc2cc(N(CC)CC)ccc12. The number of rotatable bonds is 29. The van der Waals surface area contributed by atoms with E-state index in [4.69, 9.17) is 9.15 Å². The number of carbonyl (C=O) groups is 2.